The summed E-state index contributed by atoms with van der Waals surface area (Å²) < 4.78 is 27.0. The van der Waals surface area contributed by atoms with Crippen LogP contribution in [0.1, 0.15) is 24.2 Å². The van der Waals surface area contributed by atoms with Gasteiger partial charge >= 0.3 is 0 Å². The number of amides is 1. The number of benzene rings is 1. The van der Waals surface area contributed by atoms with Gasteiger partial charge in [-0.25, -0.2) is 8.78 Å². The van der Waals surface area contributed by atoms with Gasteiger partial charge in [0.05, 0.1) is 5.69 Å². The van der Waals surface area contributed by atoms with Crippen molar-refractivity contribution in [3.63, 3.8) is 0 Å². The lowest BCUT2D eigenvalue weighted by Gasteiger charge is -2.21. The molecule has 6 heteroatoms. The lowest BCUT2D eigenvalue weighted by Crippen LogP contribution is -2.36. The summed E-state index contributed by atoms with van der Waals surface area (Å²) in [6, 6.07) is 2.40. The maximum absolute atomic E-state index is 13.6. The number of halogens is 2. The number of nitrogens with zero attached hydrogens (tertiary/aromatic N) is 1. The van der Waals surface area contributed by atoms with Crippen LogP contribution in [0.2, 0.25) is 0 Å². The van der Waals surface area contributed by atoms with Crippen molar-refractivity contribution in [3.05, 3.63) is 29.3 Å². The van der Waals surface area contributed by atoms with Crippen molar-refractivity contribution < 1.29 is 13.6 Å². The van der Waals surface area contributed by atoms with E-state index in [1.807, 2.05) is 25.8 Å². The van der Waals surface area contributed by atoms with Gasteiger partial charge in [0.1, 0.15) is 11.4 Å². The average Bonchev–Trinajstić information content (AvgIpc) is 2.34. The number of carbonyl (C=O) groups is 1. The first-order valence-electron chi connectivity index (χ1n) is 6.06. The quantitative estimate of drug-likeness (QED) is 0.800. The second kappa shape index (κ2) is 6.47. The number of carbonyl (C=O) groups excluding carboxylic acids is 1. The van der Waals surface area contributed by atoms with Crippen LogP contribution >= 0.6 is 0 Å². The molecule has 0 aliphatic rings. The van der Waals surface area contributed by atoms with Crippen LogP contribution in [-0.4, -0.2) is 37.0 Å². The van der Waals surface area contributed by atoms with Gasteiger partial charge in [0.25, 0.3) is 5.91 Å². The molecule has 0 heterocycles. The maximum atomic E-state index is 13.6. The molecule has 0 atom stereocenters. The van der Waals surface area contributed by atoms with E-state index in [1.54, 1.807) is 0 Å². The average molecular weight is 271 g/mol. The van der Waals surface area contributed by atoms with E-state index in [1.165, 1.54) is 0 Å². The van der Waals surface area contributed by atoms with Crippen LogP contribution in [-0.2, 0) is 0 Å². The Morgan fingerprint density at radius 3 is 2.63 bits per heavy atom. The number of nitrogens with one attached hydrogen (secondary N) is 1. The number of anilines is 1. The lowest BCUT2D eigenvalue weighted by molar-refractivity contribution is 0.0939. The van der Waals surface area contributed by atoms with Gasteiger partial charge in [0.15, 0.2) is 5.82 Å². The highest BCUT2D eigenvalue weighted by atomic mass is 19.1. The van der Waals surface area contributed by atoms with Crippen LogP contribution in [0.15, 0.2) is 12.1 Å². The summed E-state index contributed by atoms with van der Waals surface area (Å²) in [4.78, 5) is 13.7. The molecular formula is C13H19F2N3O. The second-order valence-corrected chi connectivity index (χ2v) is 4.66. The molecule has 0 aliphatic heterocycles. The number of rotatable bonds is 5. The fourth-order valence-electron chi connectivity index (χ4n) is 1.47. The van der Waals surface area contributed by atoms with Crippen LogP contribution < -0.4 is 11.1 Å². The topological polar surface area (TPSA) is 58.4 Å². The third-order valence-electron chi connectivity index (χ3n) is 2.98. The molecule has 0 fully saturated rings. The molecule has 0 unspecified atom stereocenters. The van der Waals surface area contributed by atoms with E-state index in [2.05, 4.69) is 5.32 Å². The van der Waals surface area contributed by atoms with E-state index in [9.17, 15) is 13.6 Å². The van der Waals surface area contributed by atoms with Crippen molar-refractivity contribution in [1.82, 2.24) is 10.2 Å². The van der Waals surface area contributed by atoms with Crippen molar-refractivity contribution >= 4 is 11.6 Å². The van der Waals surface area contributed by atoms with Crippen LogP contribution in [0.25, 0.3) is 0 Å². The molecule has 4 nitrogen and oxygen atoms in total. The van der Waals surface area contributed by atoms with Crippen LogP contribution in [0.4, 0.5) is 14.5 Å². The van der Waals surface area contributed by atoms with E-state index in [0.29, 0.717) is 19.1 Å². The third-order valence-corrected chi connectivity index (χ3v) is 2.98. The normalized spacial score (nSPS) is 11.1. The molecule has 0 bridgehead atoms. The highest BCUT2D eigenvalue weighted by Gasteiger charge is 2.19. The summed E-state index contributed by atoms with van der Waals surface area (Å²) >= 11 is 0. The lowest BCUT2D eigenvalue weighted by atomic mass is 10.1. The molecule has 0 saturated heterocycles. The minimum Gasteiger partial charge on any atom is -0.396 e. The van der Waals surface area contributed by atoms with Crippen LogP contribution in [0.5, 0.6) is 0 Å². The third kappa shape index (κ3) is 3.89. The Bertz CT molecular complexity index is 463. The molecule has 0 aliphatic carbocycles. The van der Waals surface area contributed by atoms with Crippen molar-refractivity contribution in [1.29, 1.82) is 0 Å². The first-order chi connectivity index (χ1) is 8.84. The molecular weight excluding hydrogens is 252 g/mol. The molecule has 0 aromatic heterocycles. The zero-order chi connectivity index (χ0) is 14.6. The van der Waals surface area contributed by atoms with E-state index in [-0.39, 0.29) is 5.69 Å². The van der Waals surface area contributed by atoms with Crippen molar-refractivity contribution in [2.45, 2.75) is 19.9 Å². The second-order valence-electron chi connectivity index (χ2n) is 4.66. The molecule has 0 radical (unpaired) electrons. The van der Waals surface area contributed by atoms with Gasteiger partial charge in [-0.1, -0.05) is 0 Å². The Kier molecular flexibility index (Phi) is 5.23. The molecule has 3 N–H and O–H groups in total. The van der Waals surface area contributed by atoms with Crippen LogP contribution in [0.3, 0.4) is 0 Å². The minimum absolute atomic E-state index is 0.245. The fraction of sp³-hybridized carbons (Fsp3) is 0.462. The SMILES string of the molecule is CC(C)N(C)CCNC(=O)c1c(F)ccc(N)c1F. The number of likely N-dealkylation sites (N-methyl/N-ethyl adjacent to an activating group) is 1. The molecule has 1 amide bonds. The number of nitrogens with two attached hydrogens (primary N) is 1. The summed E-state index contributed by atoms with van der Waals surface area (Å²) in [6.45, 7) is 4.92. The fourth-order valence-corrected chi connectivity index (χ4v) is 1.47. The summed E-state index contributed by atoms with van der Waals surface area (Å²) in [7, 11) is 1.90. The van der Waals surface area contributed by atoms with Crippen LogP contribution in [0, 0.1) is 11.6 Å². The van der Waals surface area contributed by atoms with E-state index >= 15 is 0 Å². The van der Waals surface area contributed by atoms with Gasteiger partial charge < -0.3 is 16.0 Å². The molecule has 1 aromatic carbocycles. The van der Waals surface area contributed by atoms with E-state index < -0.39 is 23.1 Å². The van der Waals surface area contributed by atoms with Gasteiger partial charge in [-0.2, -0.15) is 0 Å². The Morgan fingerprint density at radius 1 is 1.42 bits per heavy atom. The molecule has 1 aromatic rings. The smallest absolute Gasteiger partial charge is 0.257 e. The molecule has 0 saturated carbocycles. The van der Waals surface area contributed by atoms with Gasteiger partial charge in [0, 0.05) is 19.1 Å². The molecule has 1 rings (SSSR count). The predicted octanol–water partition coefficient (Wildman–Crippen LogP) is 1.62. The van der Waals surface area contributed by atoms with Crippen molar-refractivity contribution in [3.8, 4) is 0 Å². The Hall–Kier alpha value is -1.69. The zero-order valence-electron chi connectivity index (χ0n) is 11.3. The molecule has 106 valence electrons. The standard InChI is InChI=1S/C13H19F2N3O/c1-8(2)18(3)7-6-17-13(19)11-9(14)4-5-10(16)12(11)15/h4-5,8H,6-7,16H2,1-3H3,(H,17,19). The highest BCUT2D eigenvalue weighted by molar-refractivity contribution is 5.95. The predicted molar refractivity (Wildman–Crippen MR) is 70.9 cm³/mol. The zero-order valence-corrected chi connectivity index (χ0v) is 11.3. The number of hydrogen-bond donors (Lipinski definition) is 2. The largest absolute Gasteiger partial charge is 0.396 e. The first kappa shape index (κ1) is 15.4. The highest BCUT2D eigenvalue weighted by Crippen LogP contribution is 2.18. The van der Waals surface area contributed by atoms with Gasteiger partial charge in [0.2, 0.25) is 0 Å². The Labute approximate surface area is 111 Å². The Morgan fingerprint density at radius 2 is 2.05 bits per heavy atom. The van der Waals surface area contributed by atoms with Gasteiger partial charge in [-0.3, -0.25) is 4.79 Å². The summed E-state index contributed by atoms with van der Waals surface area (Å²) in [6.07, 6.45) is 0. The van der Waals surface area contributed by atoms with Crippen molar-refractivity contribution in [2.24, 2.45) is 0 Å². The van der Waals surface area contributed by atoms with E-state index in [4.69, 9.17) is 5.73 Å². The monoisotopic (exact) mass is 271 g/mol. The minimum atomic E-state index is -1.02. The summed E-state index contributed by atoms with van der Waals surface area (Å²) in [5.41, 5.74) is 4.44. The Balaban J connectivity index is 2.67. The van der Waals surface area contributed by atoms with Crippen molar-refractivity contribution in [2.75, 3.05) is 25.9 Å². The van der Waals surface area contributed by atoms with E-state index in [0.717, 1.165) is 12.1 Å². The molecule has 19 heavy (non-hydrogen) atoms. The van der Waals surface area contributed by atoms with Gasteiger partial charge in [-0.15, -0.1) is 0 Å². The maximum Gasteiger partial charge on any atom is 0.257 e. The number of hydrogen-bond acceptors (Lipinski definition) is 3. The first-order valence-corrected chi connectivity index (χ1v) is 6.06. The summed E-state index contributed by atoms with van der Waals surface area (Å²) in [5, 5.41) is 2.48. The summed E-state index contributed by atoms with van der Waals surface area (Å²) in [5.74, 6) is -2.73. The van der Waals surface area contributed by atoms with Gasteiger partial charge in [-0.05, 0) is 33.0 Å². The number of nitrogen functional groups attached to an aromatic ring is 1. The molecule has 0 spiro atoms.